The number of aryl methyl sites for hydroxylation is 1. The van der Waals surface area contributed by atoms with Gasteiger partial charge in [0.15, 0.2) is 5.17 Å². The molecule has 0 spiro atoms. The number of hydrogen-bond acceptors (Lipinski definition) is 4. The highest BCUT2D eigenvalue weighted by Gasteiger charge is 2.28. The second-order valence-electron chi connectivity index (χ2n) is 6.59. The van der Waals surface area contributed by atoms with Crippen LogP contribution in [0.15, 0.2) is 58.4 Å². The van der Waals surface area contributed by atoms with Crippen LogP contribution in [0.2, 0.25) is 5.02 Å². The second kappa shape index (κ2) is 7.79. The van der Waals surface area contributed by atoms with Crippen LogP contribution in [-0.4, -0.2) is 42.2 Å². The van der Waals surface area contributed by atoms with E-state index in [1.807, 2.05) is 30.3 Å². The minimum absolute atomic E-state index is 0.184. The highest BCUT2D eigenvalue weighted by molar-refractivity contribution is 8.18. The fourth-order valence-electron chi connectivity index (χ4n) is 3.32. The monoisotopic (exact) mass is 397 g/mol. The molecule has 27 heavy (non-hydrogen) atoms. The molecule has 2 aromatic carbocycles. The van der Waals surface area contributed by atoms with E-state index in [-0.39, 0.29) is 5.91 Å². The van der Waals surface area contributed by atoms with E-state index in [2.05, 4.69) is 46.0 Å². The molecule has 2 aliphatic heterocycles. The van der Waals surface area contributed by atoms with Crippen molar-refractivity contribution < 1.29 is 4.79 Å². The zero-order valence-corrected chi connectivity index (χ0v) is 16.6. The normalized spacial score (nSPS) is 19.0. The predicted molar refractivity (Wildman–Crippen MR) is 114 cm³/mol. The van der Waals surface area contributed by atoms with E-state index < -0.39 is 0 Å². The van der Waals surface area contributed by atoms with Crippen molar-refractivity contribution >= 4 is 46.2 Å². The molecule has 0 bridgehead atoms. The first-order valence-electron chi connectivity index (χ1n) is 8.94. The number of amides is 1. The number of amidine groups is 1. The number of hydrogen-bond donors (Lipinski definition) is 0. The number of carbonyl (C=O) groups excluding carboxylic acids is 1. The van der Waals surface area contributed by atoms with Crippen LogP contribution in [-0.2, 0) is 4.79 Å². The summed E-state index contributed by atoms with van der Waals surface area (Å²) in [6.07, 6.45) is 1.83. The minimum Gasteiger partial charge on any atom is -0.368 e. The number of thioether (sulfide) groups is 1. The fraction of sp³-hybridized carbons (Fsp3) is 0.238. The molecule has 0 radical (unpaired) electrons. The Labute approximate surface area is 168 Å². The maximum absolute atomic E-state index is 12.3. The van der Waals surface area contributed by atoms with Crippen molar-refractivity contribution in [1.29, 1.82) is 0 Å². The van der Waals surface area contributed by atoms with Gasteiger partial charge in [0, 0.05) is 36.9 Å². The number of aliphatic imine (C=N–C) groups is 1. The Morgan fingerprint density at radius 1 is 1.00 bits per heavy atom. The lowest BCUT2D eigenvalue weighted by Gasteiger charge is -2.37. The molecule has 0 atom stereocenters. The van der Waals surface area contributed by atoms with Crippen molar-refractivity contribution in [2.75, 3.05) is 31.1 Å². The van der Waals surface area contributed by atoms with Gasteiger partial charge in [0.05, 0.1) is 4.91 Å². The third kappa shape index (κ3) is 3.89. The molecule has 1 saturated heterocycles. The summed E-state index contributed by atoms with van der Waals surface area (Å²) in [5, 5.41) is 1.43. The number of carbonyl (C=O) groups is 1. The summed E-state index contributed by atoms with van der Waals surface area (Å²) in [4.78, 5) is 21.8. The quantitative estimate of drug-likeness (QED) is 0.702. The Hall–Kier alpha value is -2.24. The number of benzene rings is 2. The van der Waals surface area contributed by atoms with Crippen LogP contribution < -0.4 is 4.90 Å². The van der Waals surface area contributed by atoms with E-state index in [4.69, 9.17) is 11.6 Å². The number of halogens is 1. The molecule has 4 nitrogen and oxygen atoms in total. The first-order valence-corrected chi connectivity index (χ1v) is 10.1. The Balaban J connectivity index is 1.43. The summed E-state index contributed by atoms with van der Waals surface area (Å²) in [5.74, 6) is -0.184. The van der Waals surface area contributed by atoms with Gasteiger partial charge in [-0.2, -0.15) is 4.99 Å². The van der Waals surface area contributed by atoms with Crippen LogP contribution in [0, 0.1) is 6.92 Å². The fourth-order valence-corrected chi connectivity index (χ4v) is 4.47. The minimum atomic E-state index is -0.184. The molecule has 2 aromatic rings. The van der Waals surface area contributed by atoms with Gasteiger partial charge in [0.2, 0.25) is 0 Å². The molecular weight excluding hydrogens is 378 g/mol. The van der Waals surface area contributed by atoms with Gasteiger partial charge in [-0.1, -0.05) is 48.0 Å². The van der Waals surface area contributed by atoms with E-state index >= 15 is 0 Å². The molecule has 0 N–H and O–H groups in total. The van der Waals surface area contributed by atoms with Crippen molar-refractivity contribution in [3.05, 3.63) is 69.6 Å². The Morgan fingerprint density at radius 3 is 2.41 bits per heavy atom. The van der Waals surface area contributed by atoms with Gasteiger partial charge in [-0.3, -0.25) is 4.79 Å². The topological polar surface area (TPSA) is 35.9 Å². The maximum Gasteiger partial charge on any atom is 0.286 e. The van der Waals surface area contributed by atoms with Crippen molar-refractivity contribution in [3.8, 4) is 0 Å². The number of piperazine rings is 1. The average molecular weight is 398 g/mol. The number of para-hydroxylation sites is 1. The Morgan fingerprint density at radius 2 is 1.67 bits per heavy atom. The van der Waals surface area contributed by atoms with Crippen LogP contribution >= 0.6 is 23.4 Å². The molecule has 1 amide bonds. The second-order valence-corrected chi connectivity index (χ2v) is 8.01. The molecule has 6 heteroatoms. The van der Waals surface area contributed by atoms with Gasteiger partial charge < -0.3 is 9.80 Å². The Bertz CT molecular complexity index is 933. The molecule has 0 unspecified atom stereocenters. The highest BCUT2D eigenvalue weighted by Crippen LogP contribution is 2.32. The smallest absolute Gasteiger partial charge is 0.286 e. The first kappa shape index (κ1) is 18.1. The first-order chi connectivity index (χ1) is 13.1. The summed E-state index contributed by atoms with van der Waals surface area (Å²) >= 11 is 7.64. The van der Waals surface area contributed by atoms with E-state index in [1.165, 1.54) is 23.0 Å². The molecule has 2 heterocycles. The summed E-state index contributed by atoms with van der Waals surface area (Å²) in [5.41, 5.74) is 3.42. The zero-order valence-electron chi connectivity index (χ0n) is 15.1. The lowest BCUT2D eigenvalue weighted by atomic mass is 10.1. The lowest BCUT2D eigenvalue weighted by Crippen LogP contribution is -2.48. The van der Waals surface area contributed by atoms with Gasteiger partial charge in [0.25, 0.3) is 5.91 Å². The van der Waals surface area contributed by atoms with E-state index in [0.29, 0.717) is 9.93 Å². The Kier molecular flexibility index (Phi) is 5.23. The van der Waals surface area contributed by atoms with Gasteiger partial charge >= 0.3 is 0 Å². The molecule has 0 aliphatic carbocycles. The summed E-state index contributed by atoms with van der Waals surface area (Å²) < 4.78 is 0. The standard InChI is InChI=1S/C21H20ClN3OS/c1-15-6-2-5-9-18(15)24-10-12-25(13-11-24)21-23-20(26)19(27-21)14-16-7-3-4-8-17(16)22/h2-9,14H,10-13H2,1H3. The number of rotatable bonds is 2. The molecule has 1 fully saturated rings. The van der Waals surface area contributed by atoms with E-state index in [9.17, 15) is 4.79 Å². The molecule has 4 rings (SSSR count). The van der Waals surface area contributed by atoms with Crippen molar-refractivity contribution in [2.45, 2.75) is 6.92 Å². The maximum atomic E-state index is 12.3. The zero-order chi connectivity index (χ0) is 18.8. The van der Waals surface area contributed by atoms with Gasteiger partial charge in [0.1, 0.15) is 0 Å². The van der Waals surface area contributed by atoms with E-state index in [1.54, 1.807) is 0 Å². The summed E-state index contributed by atoms with van der Waals surface area (Å²) in [7, 11) is 0. The SMILES string of the molecule is Cc1ccccc1N1CCN(C2=NC(=O)C(=Cc3ccccc3Cl)S2)CC1. The number of anilines is 1. The third-order valence-electron chi connectivity index (χ3n) is 4.81. The molecule has 138 valence electrons. The van der Waals surface area contributed by atoms with Gasteiger partial charge in [-0.25, -0.2) is 0 Å². The van der Waals surface area contributed by atoms with Crippen LogP contribution in [0.25, 0.3) is 6.08 Å². The van der Waals surface area contributed by atoms with Crippen LogP contribution in [0.1, 0.15) is 11.1 Å². The largest absolute Gasteiger partial charge is 0.368 e. The van der Waals surface area contributed by atoms with Gasteiger partial charge in [-0.15, -0.1) is 0 Å². The molecular formula is C21H20ClN3OS. The van der Waals surface area contributed by atoms with Crippen LogP contribution in [0.5, 0.6) is 0 Å². The van der Waals surface area contributed by atoms with Crippen LogP contribution in [0.4, 0.5) is 5.69 Å². The third-order valence-corrected chi connectivity index (χ3v) is 6.20. The molecule has 0 saturated carbocycles. The van der Waals surface area contributed by atoms with E-state index in [0.717, 1.165) is 36.9 Å². The van der Waals surface area contributed by atoms with Crippen LogP contribution in [0.3, 0.4) is 0 Å². The van der Waals surface area contributed by atoms with Gasteiger partial charge in [-0.05, 0) is 48.0 Å². The van der Waals surface area contributed by atoms with Crippen molar-refractivity contribution in [1.82, 2.24) is 4.90 Å². The van der Waals surface area contributed by atoms with Crippen molar-refractivity contribution in [2.24, 2.45) is 4.99 Å². The lowest BCUT2D eigenvalue weighted by molar-refractivity contribution is -0.113. The summed E-state index contributed by atoms with van der Waals surface area (Å²) in [6, 6.07) is 16.0. The average Bonchev–Trinajstić information content (AvgIpc) is 3.05. The molecule has 2 aliphatic rings. The highest BCUT2D eigenvalue weighted by atomic mass is 35.5. The van der Waals surface area contributed by atoms with Crippen molar-refractivity contribution in [3.63, 3.8) is 0 Å². The predicted octanol–water partition coefficient (Wildman–Crippen LogP) is 4.44. The molecule has 0 aromatic heterocycles. The number of nitrogens with zero attached hydrogens (tertiary/aromatic N) is 3. The summed E-state index contributed by atoms with van der Waals surface area (Å²) in [6.45, 7) is 5.69.